The minimum absolute atomic E-state index is 0.0463. The van der Waals surface area contributed by atoms with Gasteiger partial charge in [-0.3, -0.25) is 4.79 Å². The van der Waals surface area contributed by atoms with Gasteiger partial charge in [-0.1, -0.05) is 19.3 Å². The Morgan fingerprint density at radius 1 is 1.14 bits per heavy atom. The number of carbonyl (C=O) groups is 1. The predicted octanol–water partition coefficient (Wildman–Crippen LogP) is 2.80. The summed E-state index contributed by atoms with van der Waals surface area (Å²) in [6.45, 7) is 5.66. The van der Waals surface area contributed by atoms with Crippen LogP contribution in [0.5, 0.6) is 0 Å². The van der Waals surface area contributed by atoms with E-state index in [0.29, 0.717) is 19.4 Å². The van der Waals surface area contributed by atoms with Crippen LogP contribution in [0.2, 0.25) is 0 Å². The standard InChI is InChI=1S/C17H30O4/c1-4-21-14(18)15(2)11-8-13(16(15,3)19)12-17(20)9-6-5-7-10-17/h13,19-20H,4-12H2,1-3H3/t13-,15-,16-/m1/s1. The van der Waals surface area contributed by atoms with Crippen molar-refractivity contribution in [2.75, 3.05) is 6.61 Å². The molecule has 0 heterocycles. The molecule has 0 aliphatic heterocycles. The highest BCUT2D eigenvalue weighted by Crippen LogP contribution is 2.53. The number of hydrogen-bond acceptors (Lipinski definition) is 4. The van der Waals surface area contributed by atoms with E-state index in [4.69, 9.17) is 4.74 Å². The third-order valence-electron chi connectivity index (χ3n) is 6.04. The smallest absolute Gasteiger partial charge is 0.314 e. The quantitative estimate of drug-likeness (QED) is 0.783. The topological polar surface area (TPSA) is 66.8 Å². The molecule has 0 amide bonds. The largest absolute Gasteiger partial charge is 0.465 e. The molecule has 21 heavy (non-hydrogen) atoms. The molecular formula is C17H30O4. The van der Waals surface area contributed by atoms with Crippen molar-refractivity contribution in [2.24, 2.45) is 11.3 Å². The first-order chi connectivity index (χ1) is 9.75. The Balaban J connectivity index is 2.11. The maximum absolute atomic E-state index is 12.3. The Morgan fingerprint density at radius 2 is 1.76 bits per heavy atom. The normalized spacial score (nSPS) is 39.2. The van der Waals surface area contributed by atoms with Crippen LogP contribution in [-0.2, 0) is 9.53 Å². The van der Waals surface area contributed by atoms with Crippen molar-refractivity contribution in [3.8, 4) is 0 Å². The summed E-state index contributed by atoms with van der Waals surface area (Å²) in [6.07, 6.45) is 6.91. The Kier molecular flexibility index (Phi) is 4.69. The molecule has 0 saturated heterocycles. The zero-order valence-electron chi connectivity index (χ0n) is 13.7. The molecule has 0 bridgehead atoms. The third kappa shape index (κ3) is 2.98. The summed E-state index contributed by atoms with van der Waals surface area (Å²) in [5, 5.41) is 21.8. The van der Waals surface area contributed by atoms with Gasteiger partial charge in [-0.05, 0) is 58.8 Å². The third-order valence-corrected chi connectivity index (χ3v) is 6.04. The zero-order chi connectivity index (χ0) is 15.7. The lowest BCUT2D eigenvalue weighted by Gasteiger charge is -2.42. The van der Waals surface area contributed by atoms with E-state index in [1.165, 1.54) is 6.42 Å². The molecule has 122 valence electrons. The van der Waals surface area contributed by atoms with Crippen molar-refractivity contribution in [1.82, 2.24) is 0 Å². The molecule has 2 fully saturated rings. The Morgan fingerprint density at radius 3 is 2.33 bits per heavy atom. The fraction of sp³-hybridized carbons (Fsp3) is 0.941. The highest BCUT2D eigenvalue weighted by molar-refractivity contribution is 5.78. The molecule has 0 spiro atoms. The van der Waals surface area contributed by atoms with E-state index in [1.807, 2.05) is 0 Å². The summed E-state index contributed by atoms with van der Waals surface area (Å²) < 4.78 is 5.17. The lowest BCUT2D eigenvalue weighted by atomic mass is 9.69. The minimum atomic E-state index is -1.12. The van der Waals surface area contributed by atoms with Gasteiger partial charge in [-0.25, -0.2) is 0 Å². The first-order valence-corrected chi connectivity index (χ1v) is 8.37. The molecule has 2 aliphatic rings. The maximum Gasteiger partial charge on any atom is 0.314 e. The van der Waals surface area contributed by atoms with E-state index in [-0.39, 0.29) is 11.9 Å². The summed E-state index contributed by atoms with van der Waals surface area (Å²) in [5.41, 5.74) is -2.64. The van der Waals surface area contributed by atoms with Crippen LogP contribution in [0, 0.1) is 11.3 Å². The van der Waals surface area contributed by atoms with Crippen molar-refractivity contribution in [3.05, 3.63) is 0 Å². The highest BCUT2D eigenvalue weighted by atomic mass is 16.5. The van der Waals surface area contributed by atoms with Crippen LogP contribution in [0.1, 0.15) is 72.1 Å². The molecule has 2 N–H and O–H groups in total. The van der Waals surface area contributed by atoms with Crippen LogP contribution < -0.4 is 0 Å². The van der Waals surface area contributed by atoms with E-state index in [1.54, 1.807) is 20.8 Å². The average molecular weight is 298 g/mol. The molecular weight excluding hydrogens is 268 g/mol. The van der Waals surface area contributed by atoms with Crippen LogP contribution >= 0.6 is 0 Å². The molecule has 2 rings (SSSR count). The van der Waals surface area contributed by atoms with Gasteiger partial charge in [0.2, 0.25) is 0 Å². The van der Waals surface area contributed by atoms with Gasteiger partial charge in [0.25, 0.3) is 0 Å². The average Bonchev–Trinajstić information content (AvgIpc) is 2.64. The second-order valence-corrected chi connectivity index (χ2v) is 7.42. The fourth-order valence-electron chi connectivity index (χ4n) is 4.22. The number of carbonyl (C=O) groups excluding carboxylic acids is 1. The van der Waals surface area contributed by atoms with E-state index in [9.17, 15) is 15.0 Å². The van der Waals surface area contributed by atoms with Crippen LogP contribution in [0.4, 0.5) is 0 Å². The molecule has 0 radical (unpaired) electrons. The molecule has 4 nitrogen and oxygen atoms in total. The summed E-state index contributed by atoms with van der Waals surface area (Å²) in [4.78, 5) is 12.3. The summed E-state index contributed by atoms with van der Waals surface area (Å²) in [6, 6.07) is 0. The summed E-state index contributed by atoms with van der Waals surface area (Å²) in [5.74, 6) is -0.358. The van der Waals surface area contributed by atoms with Crippen molar-refractivity contribution < 1.29 is 19.7 Å². The SMILES string of the molecule is CCOC(=O)[C@@]1(C)CC[C@H](CC2(O)CCCCC2)[C@@]1(C)O. The Hall–Kier alpha value is -0.610. The second kappa shape index (κ2) is 5.88. The van der Waals surface area contributed by atoms with Crippen LogP contribution in [-0.4, -0.2) is 34.0 Å². The molecule has 0 unspecified atom stereocenters. The van der Waals surface area contributed by atoms with Crippen molar-refractivity contribution in [2.45, 2.75) is 83.3 Å². The summed E-state index contributed by atoms with van der Waals surface area (Å²) >= 11 is 0. The number of rotatable bonds is 4. The first-order valence-electron chi connectivity index (χ1n) is 8.37. The van der Waals surface area contributed by atoms with Crippen LogP contribution in [0.3, 0.4) is 0 Å². The Bertz CT molecular complexity index is 384. The van der Waals surface area contributed by atoms with Crippen molar-refractivity contribution in [3.63, 3.8) is 0 Å². The van der Waals surface area contributed by atoms with Crippen LogP contribution in [0.15, 0.2) is 0 Å². The van der Waals surface area contributed by atoms with Gasteiger partial charge in [-0.2, -0.15) is 0 Å². The first kappa shape index (κ1) is 16.8. The van der Waals surface area contributed by atoms with Gasteiger partial charge in [0, 0.05) is 0 Å². The predicted molar refractivity (Wildman–Crippen MR) is 80.7 cm³/mol. The second-order valence-electron chi connectivity index (χ2n) is 7.42. The fourth-order valence-corrected chi connectivity index (χ4v) is 4.22. The van der Waals surface area contributed by atoms with Gasteiger partial charge in [0.1, 0.15) is 0 Å². The number of ether oxygens (including phenoxy) is 1. The van der Waals surface area contributed by atoms with Gasteiger partial charge in [-0.15, -0.1) is 0 Å². The summed E-state index contributed by atoms with van der Waals surface area (Å²) in [7, 11) is 0. The molecule has 2 saturated carbocycles. The van der Waals surface area contributed by atoms with E-state index in [0.717, 1.165) is 32.1 Å². The Labute approximate surface area is 127 Å². The molecule has 2 aliphatic carbocycles. The molecule has 4 heteroatoms. The monoisotopic (exact) mass is 298 g/mol. The van der Waals surface area contributed by atoms with E-state index < -0.39 is 16.6 Å². The molecule has 0 aromatic carbocycles. The van der Waals surface area contributed by atoms with Crippen molar-refractivity contribution in [1.29, 1.82) is 0 Å². The minimum Gasteiger partial charge on any atom is -0.465 e. The van der Waals surface area contributed by atoms with Gasteiger partial charge >= 0.3 is 5.97 Å². The number of esters is 1. The van der Waals surface area contributed by atoms with E-state index >= 15 is 0 Å². The molecule has 3 atom stereocenters. The lowest BCUT2D eigenvalue weighted by Crippen LogP contribution is -2.51. The lowest BCUT2D eigenvalue weighted by molar-refractivity contribution is -0.172. The zero-order valence-corrected chi connectivity index (χ0v) is 13.7. The number of hydrogen-bond donors (Lipinski definition) is 2. The van der Waals surface area contributed by atoms with Gasteiger partial charge in [0.05, 0.1) is 23.2 Å². The van der Waals surface area contributed by atoms with Gasteiger partial charge < -0.3 is 14.9 Å². The van der Waals surface area contributed by atoms with Gasteiger partial charge in [0.15, 0.2) is 0 Å². The number of aliphatic hydroxyl groups is 2. The van der Waals surface area contributed by atoms with E-state index in [2.05, 4.69) is 0 Å². The highest BCUT2D eigenvalue weighted by Gasteiger charge is 2.59. The van der Waals surface area contributed by atoms with Crippen LogP contribution in [0.25, 0.3) is 0 Å². The van der Waals surface area contributed by atoms with Crippen molar-refractivity contribution >= 4 is 5.97 Å². The molecule has 0 aromatic rings. The molecule has 0 aromatic heterocycles. The maximum atomic E-state index is 12.3.